The summed E-state index contributed by atoms with van der Waals surface area (Å²) >= 11 is 12.2. The summed E-state index contributed by atoms with van der Waals surface area (Å²) in [5, 5.41) is 12.2. The zero-order valence-corrected chi connectivity index (χ0v) is 16.4. The molecule has 30 heavy (non-hydrogen) atoms. The summed E-state index contributed by atoms with van der Waals surface area (Å²) in [5.41, 5.74) is -0.129. The van der Waals surface area contributed by atoms with Gasteiger partial charge in [0.25, 0.3) is 0 Å². The smallest absolute Gasteiger partial charge is 0.344 e. The van der Waals surface area contributed by atoms with E-state index in [1.54, 1.807) is 30.3 Å². The van der Waals surface area contributed by atoms with E-state index in [0.717, 1.165) is 0 Å². The second kappa shape index (κ2) is 7.81. The van der Waals surface area contributed by atoms with Crippen LogP contribution in [0, 0.1) is 5.95 Å². The fourth-order valence-electron chi connectivity index (χ4n) is 2.90. The van der Waals surface area contributed by atoms with Gasteiger partial charge in [-0.2, -0.15) is 9.37 Å². The molecule has 0 aliphatic carbocycles. The van der Waals surface area contributed by atoms with Crippen molar-refractivity contribution in [3.05, 3.63) is 68.9 Å². The van der Waals surface area contributed by atoms with Crippen LogP contribution >= 0.6 is 23.2 Å². The van der Waals surface area contributed by atoms with Crippen LogP contribution in [-0.4, -0.2) is 22.6 Å². The van der Waals surface area contributed by atoms with Crippen LogP contribution in [-0.2, 0) is 4.79 Å². The molecule has 0 saturated carbocycles. The summed E-state index contributed by atoms with van der Waals surface area (Å²) in [5.74, 6) is -2.50. The molecule has 2 aromatic heterocycles. The van der Waals surface area contributed by atoms with Gasteiger partial charge >= 0.3 is 11.6 Å². The maximum atomic E-state index is 14.1. The number of hydrogen-bond acceptors (Lipinski definition) is 6. The molecule has 4 rings (SSSR count). The van der Waals surface area contributed by atoms with Gasteiger partial charge in [0.15, 0.2) is 11.6 Å². The maximum absolute atomic E-state index is 14.1. The molecule has 0 aliphatic rings. The van der Waals surface area contributed by atoms with Crippen molar-refractivity contribution >= 4 is 56.7 Å². The molecule has 7 nitrogen and oxygen atoms in total. The van der Waals surface area contributed by atoms with Crippen LogP contribution < -0.4 is 15.7 Å². The number of halogens is 3. The van der Waals surface area contributed by atoms with Crippen molar-refractivity contribution in [1.29, 1.82) is 0 Å². The summed E-state index contributed by atoms with van der Waals surface area (Å²) in [6, 6.07) is 11.5. The first-order valence-electron chi connectivity index (χ1n) is 8.49. The van der Waals surface area contributed by atoms with Gasteiger partial charge in [0, 0.05) is 10.8 Å². The van der Waals surface area contributed by atoms with Gasteiger partial charge in [-0.3, -0.25) is 4.79 Å². The van der Waals surface area contributed by atoms with Gasteiger partial charge in [0.1, 0.15) is 27.9 Å². The summed E-state index contributed by atoms with van der Waals surface area (Å²) < 4.78 is 25.2. The molecule has 0 radical (unpaired) electrons. The first kappa shape index (κ1) is 19.9. The molecule has 2 N–H and O–H groups in total. The zero-order valence-electron chi connectivity index (χ0n) is 14.9. The molecule has 2 heterocycles. The van der Waals surface area contributed by atoms with Gasteiger partial charge in [0.05, 0.1) is 5.39 Å². The van der Waals surface area contributed by atoms with Crippen molar-refractivity contribution in [3.8, 4) is 11.5 Å². The Balaban J connectivity index is 1.81. The Labute approximate surface area is 177 Å². The van der Waals surface area contributed by atoms with Gasteiger partial charge in [0.2, 0.25) is 5.95 Å². The number of carbonyl (C=O) groups is 1. The number of aromatic nitrogens is 1. The van der Waals surface area contributed by atoms with E-state index in [1.165, 1.54) is 12.1 Å². The van der Waals surface area contributed by atoms with Crippen LogP contribution in [0.3, 0.4) is 0 Å². The van der Waals surface area contributed by atoms with Crippen LogP contribution in [0.25, 0.3) is 21.7 Å². The molecule has 152 valence electrons. The number of anilines is 1. The van der Waals surface area contributed by atoms with Crippen LogP contribution in [0.5, 0.6) is 11.5 Å². The van der Waals surface area contributed by atoms with Crippen LogP contribution in [0.2, 0.25) is 10.0 Å². The molecule has 10 heteroatoms. The number of nitrogens with zero attached hydrogens (tertiary/aromatic N) is 1. The largest absolute Gasteiger partial charge is 0.480 e. The summed E-state index contributed by atoms with van der Waals surface area (Å²) in [7, 11) is 0. The quantitative estimate of drug-likeness (QED) is 0.249. The standard InChI is InChI=1S/C20H11Cl2FN2O5/c21-15-17(16(22)19(25-18(15)23)24-8-14(26)27)29-9-5-6-13-12(7-9)10-3-1-2-4-11(10)20(28)30-13/h1-7H,8H2,(H,24,25)(H,26,27). The van der Waals surface area contributed by atoms with Gasteiger partial charge in [-0.1, -0.05) is 41.4 Å². The SMILES string of the molecule is O=C(O)CNc1nc(F)c(Cl)c(Oc2ccc3oc(=O)c4ccccc4c3c2)c1Cl. The van der Waals surface area contributed by atoms with Crippen molar-refractivity contribution in [2.24, 2.45) is 0 Å². The van der Waals surface area contributed by atoms with Crippen molar-refractivity contribution in [1.82, 2.24) is 4.98 Å². The summed E-state index contributed by atoms with van der Waals surface area (Å²) in [6.45, 7) is -0.534. The topological polar surface area (TPSA) is 102 Å². The fraction of sp³-hybridized carbons (Fsp3) is 0.0500. The van der Waals surface area contributed by atoms with Crippen molar-refractivity contribution in [2.75, 3.05) is 11.9 Å². The Morgan fingerprint density at radius 1 is 1.13 bits per heavy atom. The first-order valence-corrected chi connectivity index (χ1v) is 9.24. The lowest BCUT2D eigenvalue weighted by Crippen LogP contribution is -2.14. The van der Waals surface area contributed by atoms with E-state index in [0.29, 0.717) is 21.7 Å². The second-order valence-corrected chi connectivity index (χ2v) is 6.91. The van der Waals surface area contributed by atoms with Crippen molar-refractivity contribution in [2.45, 2.75) is 0 Å². The minimum absolute atomic E-state index is 0.188. The lowest BCUT2D eigenvalue weighted by molar-refractivity contribution is -0.134. The summed E-state index contributed by atoms with van der Waals surface area (Å²) in [6.07, 6.45) is 0. The van der Waals surface area contributed by atoms with Crippen molar-refractivity contribution < 1.29 is 23.4 Å². The van der Waals surface area contributed by atoms with Gasteiger partial charge in [-0.05, 0) is 24.3 Å². The molecule has 0 saturated heterocycles. The fourth-order valence-corrected chi connectivity index (χ4v) is 3.37. The predicted molar refractivity (Wildman–Crippen MR) is 110 cm³/mol. The van der Waals surface area contributed by atoms with E-state index >= 15 is 0 Å². The number of rotatable bonds is 5. The molecule has 2 aromatic carbocycles. The molecule has 0 atom stereocenters. The molecular formula is C20H11Cl2FN2O5. The Hall–Kier alpha value is -3.36. The predicted octanol–water partition coefficient (Wildman–Crippen LogP) is 5.08. The molecule has 0 aliphatic heterocycles. The first-order chi connectivity index (χ1) is 14.3. The lowest BCUT2D eigenvalue weighted by Gasteiger charge is -2.14. The minimum atomic E-state index is -1.19. The lowest BCUT2D eigenvalue weighted by atomic mass is 10.1. The van der Waals surface area contributed by atoms with Crippen LogP contribution in [0.4, 0.5) is 10.2 Å². The Bertz CT molecular complexity index is 1370. The average Bonchev–Trinajstić information content (AvgIpc) is 2.73. The van der Waals surface area contributed by atoms with Gasteiger partial charge in [-0.25, -0.2) is 4.79 Å². The number of fused-ring (bicyclic) bond motifs is 3. The van der Waals surface area contributed by atoms with Crippen molar-refractivity contribution in [3.63, 3.8) is 0 Å². The van der Waals surface area contributed by atoms with E-state index in [9.17, 15) is 14.0 Å². The third kappa shape index (κ3) is 3.62. The molecule has 0 fully saturated rings. The minimum Gasteiger partial charge on any atom is -0.480 e. The number of carboxylic acids is 1. The van der Waals surface area contributed by atoms with E-state index < -0.39 is 29.1 Å². The monoisotopic (exact) mass is 448 g/mol. The maximum Gasteiger partial charge on any atom is 0.344 e. The molecule has 0 bridgehead atoms. The summed E-state index contributed by atoms with van der Waals surface area (Å²) in [4.78, 5) is 26.4. The van der Waals surface area contributed by atoms with Crippen LogP contribution in [0.1, 0.15) is 0 Å². The highest BCUT2D eigenvalue weighted by molar-refractivity contribution is 6.38. The molecule has 0 unspecified atom stereocenters. The molecular weight excluding hydrogens is 438 g/mol. The number of pyridine rings is 1. The van der Waals surface area contributed by atoms with E-state index in [1.807, 2.05) is 0 Å². The van der Waals surface area contributed by atoms with Gasteiger partial charge in [-0.15, -0.1) is 0 Å². The zero-order chi connectivity index (χ0) is 21.4. The Morgan fingerprint density at radius 3 is 2.60 bits per heavy atom. The Morgan fingerprint density at radius 2 is 1.87 bits per heavy atom. The van der Waals surface area contributed by atoms with Gasteiger partial charge < -0.3 is 19.6 Å². The molecule has 0 amide bonds. The number of hydrogen-bond donors (Lipinski definition) is 2. The van der Waals surface area contributed by atoms with E-state index in [2.05, 4.69) is 10.3 Å². The highest BCUT2D eigenvalue weighted by atomic mass is 35.5. The second-order valence-electron chi connectivity index (χ2n) is 6.15. The van der Waals surface area contributed by atoms with E-state index in [4.69, 9.17) is 37.5 Å². The Kier molecular flexibility index (Phi) is 5.19. The number of benzene rings is 2. The number of nitrogens with one attached hydrogen (secondary N) is 1. The normalized spacial score (nSPS) is 11.0. The van der Waals surface area contributed by atoms with E-state index in [-0.39, 0.29) is 22.3 Å². The highest BCUT2D eigenvalue weighted by Crippen LogP contribution is 2.41. The average molecular weight is 449 g/mol. The molecule has 0 spiro atoms. The molecule has 4 aromatic rings. The number of ether oxygens (including phenoxy) is 1. The third-order valence-electron chi connectivity index (χ3n) is 4.22. The highest BCUT2D eigenvalue weighted by Gasteiger charge is 2.20. The number of aliphatic carboxylic acids is 1. The third-order valence-corrected chi connectivity index (χ3v) is 4.89. The number of carboxylic acid groups (broad SMARTS) is 1. The van der Waals surface area contributed by atoms with Crippen LogP contribution in [0.15, 0.2) is 51.7 Å².